The normalized spacial score (nSPS) is 11.1. The molecule has 2 aromatic carbocycles. The third kappa shape index (κ3) is 2.07. The van der Waals surface area contributed by atoms with Crippen molar-refractivity contribution in [3.8, 4) is 11.1 Å². The van der Waals surface area contributed by atoms with Gasteiger partial charge in [-0.3, -0.25) is 0 Å². The van der Waals surface area contributed by atoms with Crippen LogP contribution >= 0.6 is 0 Å². The lowest BCUT2D eigenvalue weighted by molar-refractivity contribution is -0.510. The highest BCUT2D eigenvalue weighted by atomic mass is 14.8. The summed E-state index contributed by atoms with van der Waals surface area (Å²) < 4.78 is 2.21. The van der Waals surface area contributed by atoms with Gasteiger partial charge in [0.15, 0.2) is 12.4 Å². The van der Waals surface area contributed by atoms with Crippen LogP contribution in [0.15, 0.2) is 79.1 Å². The molecule has 0 aliphatic rings. The van der Waals surface area contributed by atoms with E-state index in [1.807, 2.05) is 0 Å². The molecule has 1 heteroatoms. The summed E-state index contributed by atoms with van der Waals surface area (Å²) in [4.78, 5) is 0. The topological polar surface area (TPSA) is 4.10 Å². The standard InChI is InChI=1S/C20H16N/c1-15-13-21-14-18-10-6-5-9-17(18)11-19(21)12-20(15)16-7-3-2-4-8-16/h2-14H,1H3/q+1. The summed E-state index contributed by atoms with van der Waals surface area (Å²) in [5.41, 5.74) is 5.07. The molecule has 100 valence electrons. The number of rotatable bonds is 1. The minimum atomic E-state index is 1.22. The Labute approximate surface area is 124 Å². The Bertz CT molecular complexity index is 940. The van der Waals surface area contributed by atoms with Crippen LogP contribution in [-0.4, -0.2) is 0 Å². The predicted molar refractivity (Wildman–Crippen MR) is 87.3 cm³/mol. The van der Waals surface area contributed by atoms with E-state index >= 15 is 0 Å². The minimum Gasteiger partial charge on any atom is -0.166 e. The third-order valence-corrected chi connectivity index (χ3v) is 4.01. The molecule has 0 saturated heterocycles. The lowest BCUT2D eigenvalue weighted by Gasteiger charge is -2.05. The molecule has 0 aliphatic heterocycles. The highest BCUT2D eigenvalue weighted by molar-refractivity contribution is 5.84. The van der Waals surface area contributed by atoms with Crippen molar-refractivity contribution in [3.63, 3.8) is 0 Å². The first kappa shape index (κ1) is 12.1. The molecule has 0 bridgehead atoms. The van der Waals surface area contributed by atoms with Crippen molar-refractivity contribution < 1.29 is 4.40 Å². The highest BCUT2D eigenvalue weighted by Gasteiger charge is 2.11. The summed E-state index contributed by atoms with van der Waals surface area (Å²) in [6, 6.07) is 23.6. The van der Waals surface area contributed by atoms with Crippen LogP contribution in [-0.2, 0) is 0 Å². The Morgan fingerprint density at radius 2 is 1.43 bits per heavy atom. The van der Waals surface area contributed by atoms with Gasteiger partial charge in [0.05, 0.1) is 0 Å². The lowest BCUT2D eigenvalue weighted by atomic mass is 10.0. The molecular weight excluding hydrogens is 254 g/mol. The van der Waals surface area contributed by atoms with Crippen LogP contribution in [0.1, 0.15) is 5.56 Å². The van der Waals surface area contributed by atoms with E-state index < -0.39 is 0 Å². The van der Waals surface area contributed by atoms with Gasteiger partial charge in [0.25, 0.3) is 0 Å². The molecule has 2 aromatic heterocycles. The van der Waals surface area contributed by atoms with Crippen molar-refractivity contribution in [3.05, 3.63) is 84.7 Å². The van der Waals surface area contributed by atoms with Gasteiger partial charge in [0.2, 0.25) is 5.52 Å². The fourth-order valence-electron chi connectivity index (χ4n) is 2.91. The smallest absolute Gasteiger partial charge is 0.166 e. The highest BCUT2D eigenvalue weighted by Crippen LogP contribution is 2.24. The quantitative estimate of drug-likeness (QED) is 0.353. The molecule has 0 amide bonds. The molecule has 0 N–H and O–H groups in total. The van der Waals surface area contributed by atoms with Gasteiger partial charge < -0.3 is 0 Å². The maximum Gasteiger partial charge on any atom is 0.211 e. The Kier molecular flexibility index (Phi) is 2.71. The van der Waals surface area contributed by atoms with E-state index in [-0.39, 0.29) is 0 Å². The fourth-order valence-corrected chi connectivity index (χ4v) is 2.91. The summed E-state index contributed by atoms with van der Waals surface area (Å²) in [6.07, 6.45) is 4.41. The van der Waals surface area contributed by atoms with Crippen molar-refractivity contribution in [2.45, 2.75) is 6.92 Å². The van der Waals surface area contributed by atoms with Crippen molar-refractivity contribution in [2.75, 3.05) is 0 Å². The van der Waals surface area contributed by atoms with Crippen LogP contribution in [0.3, 0.4) is 0 Å². The summed E-state index contributed by atoms with van der Waals surface area (Å²) in [7, 11) is 0. The summed E-state index contributed by atoms with van der Waals surface area (Å²) in [6.45, 7) is 2.17. The van der Waals surface area contributed by atoms with Crippen LogP contribution < -0.4 is 4.40 Å². The fraction of sp³-hybridized carbons (Fsp3) is 0.0500. The first-order valence-electron chi connectivity index (χ1n) is 7.21. The molecule has 21 heavy (non-hydrogen) atoms. The van der Waals surface area contributed by atoms with Gasteiger partial charge >= 0.3 is 0 Å². The zero-order valence-electron chi connectivity index (χ0n) is 12.0. The van der Waals surface area contributed by atoms with E-state index in [9.17, 15) is 0 Å². The number of aromatic nitrogens is 1. The van der Waals surface area contributed by atoms with Gasteiger partial charge in [0.1, 0.15) is 0 Å². The monoisotopic (exact) mass is 270 g/mol. The van der Waals surface area contributed by atoms with Crippen LogP contribution in [0.5, 0.6) is 0 Å². The average Bonchev–Trinajstić information content (AvgIpc) is 2.53. The molecule has 4 aromatic rings. The second-order valence-corrected chi connectivity index (χ2v) is 5.47. The minimum absolute atomic E-state index is 1.22. The summed E-state index contributed by atoms with van der Waals surface area (Å²) >= 11 is 0. The molecule has 0 saturated carbocycles. The number of nitrogens with zero attached hydrogens (tertiary/aromatic N) is 1. The Hall–Kier alpha value is -2.67. The molecule has 0 radical (unpaired) electrons. The lowest BCUT2D eigenvalue weighted by Crippen LogP contribution is -2.21. The number of hydrogen-bond acceptors (Lipinski definition) is 0. The molecule has 0 fully saturated rings. The number of aryl methyl sites for hydroxylation is 1. The van der Waals surface area contributed by atoms with Crippen LogP contribution in [0.4, 0.5) is 0 Å². The first-order valence-corrected chi connectivity index (χ1v) is 7.21. The van der Waals surface area contributed by atoms with E-state index in [0.29, 0.717) is 0 Å². The van der Waals surface area contributed by atoms with Gasteiger partial charge in [-0.15, -0.1) is 0 Å². The van der Waals surface area contributed by atoms with Gasteiger partial charge in [-0.05, 0) is 29.5 Å². The molecule has 4 rings (SSSR count). The van der Waals surface area contributed by atoms with Gasteiger partial charge in [-0.2, -0.15) is 4.40 Å². The predicted octanol–water partition coefficient (Wildman–Crippen LogP) is 4.55. The van der Waals surface area contributed by atoms with E-state index in [2.05, 4.69) is 90.4 Å². The maximum absolute atomic E-state index is 2.27. The van der Waals surface area contributed by atoms with Gasteiger partial charge in [0, 0.05) is 23.1 Å². The molecule has 0 aliphatic carbocycles. The molecule has 0 unspecified atom stereocenters. The third-order valence-electron chi connectivity index (χ3n) is 4.01. The van der Waals surface area contributed by atoms with E-state index in [1.54, 1.807) is 0 Å². The van der Waals surface area contributed by atoms with Crippen molar-refractivity contribution in [1.82, 2.24) is 0 Å². The first-order chi connectivity index (χ1) is 10.3. The molecular formula is C20H16N+. The van der Waals surface area contributed by atoms with Crippen LogP contribution in [0, 0.1) is 6.92 Å². The summed E-state index contributed by atoms with van der Waals surface area (Å²) in [5.74, 6) is 0. The zero-order chi connectivity index (χ0) is 14.2. The Balaban J connectivity index is 2.02. The largest absolute Gasteiger partial charge is 0.211 e. The molecule has 0 spiro atoms. The van der Waals surface area contributed by atoms with E-state index in [1.165, 1.54) is 33.0 Å². The number of benzene rings is 2. The van der Waals surface area contributed by atoms with Gasteiger partial charge in [-0.25, -0.2) is 0 Å². The maximum atomic E-state index is 2.27. The van der Waals surface area contributed by atoms with E-state index in [0.717, 1.165) is 0 Å². The average molecular weight is 270 g/mol. The van der Waals surface area contributed by atoms with Crippen molar-refractivity contribution in [2.24, 2.45) is 0 Å². The number of fused-ring (bicyclic) bond motifs is 2. The van der Waals surface area contributed by atoms with Crippen molar-refractivity contribution >= 4 is 16.3 Å². The zero-order valence-corrected chi connectivity index (χ0v) is 12.0. The van der Waals surface area contributed by atoms with Gasteiger partial charge in [-0.1, -0.05) is 48.5 Å². The summed E-state index contributed by atoms with van der Waals surface area (Å²) in [5, 5.41) is 2.54. The second kappa shape index (κ2) is 4.71. The Morgan fingerprint density at radius 1 is 0.714 bits per heavy atom. The number of hydrogen-bond donors (Lipinski definition) is 0. The number of pyridine rings is 2. The SMILES string of the molecule is Cc1c[n+]2cc3ccccc3cc2cc1-c1ccccc1. The van der Waals surface area contributed by atoms with E-state index in [4.69, 9.17) is 0 Å². The van der Waals surface area contributed by atoms with Crippen LogP contribution in [0.25, 0.3) is 27.4 Å². The van der Waals surface area contributed by atoms with Crippen LogP contribution in [0.2, 0.25) is 0 Å². The molecule has 0 atom stereocenters. The Morgan fingerprint density at radius 3 is 2.24 bits per heavy atom. The second-order valence-electron chi connectivity index (χ2n) is 5.47. The molecule has 2 heterocycles. The van der Waals surface area contributed by atoms with Crippen molar-refractivity contribution in [1.29, 1.82) is 0 Å². The molecule has 1 nitrogen and oxygen atoms in total.